The molecule has 1 aromatic carbocycles. The lowest BCUT2D eigenvalue weighted by atomic mass is 10.1. The van der Waals surface area contributed by atoms with Crippen molar-refractivity contribution in [3.05, 3.63) is 28.3 Å². The molecular weight excluding hydrogens is 260 g/mol. The summed E-state index contributed by atoms with van der Waals surface area (Å²) < 4.78 is 10.7. The Balaban J connectivity index is 1.96. The van der Waals surface area contributed by atoms with Crippen LogP contribution in [0.3, 0.4) is 0 Å². The first-order valence-electron chi connectivity index (χ1n) is 6.89. The highest BCUT2D eigenvalue weighted by Gasteiger charge is 2.20. The third kappa shape index (κ3) is 3.60. The number of benzene rings is 1. The fourth-order valence-corrected chi connectivity index (χ4v) is 2.42. The number of nitro benzene ring substituents is 1. The van der Waals surface area contributed by atoms with Gasteiger partial charge in [-0.3, -0.25) is 10.1 Å². The minimum atomic E-state index is -0.418. The van der Waals surface area contributed by atoms with Gasteiger partial charge in [0.25, 0.3) is 0 Å². The predicted molar refractivity (Wildman–Crippen MR) is 76.3 cm³/mol. The predicted octanol–water partition coefficient (Wildman–Crippen LogP) is 2.97. The van der Waals surface area contributed by atoms with Gasteiger partial charge in [-0.25, -0.2) is 0 Å². The second kappa shape index (κ2) is 7.09. The summed E-state index contributed by atoms with van der Waals surface area (Å²) in [6.45, 7) is 1.47. The Bertz CT molecular complexity index is 458. The minimum Gasteiger partial charge on any atom is -0.490 e. The van der Waals surface area contributed by atoms with Gasteiger partial charge in [-0.15, -0.1) is 0 Å². The summed E-state index contributed by atoms with van der Waals surface area (Å²) >= 11 is 0. The van der Waals surface area contributed by atoms with E-state index in [2.05, 4.69) is 5.32 Å². The summed E-state index contributed by atoms with van der Waals surface area (Å²) in [4.78, 5) is 10.7. The maximum atomic E-state index is 11.1. The lowest BCUT2D eigenvalue weighted by molar-refractivity contribution is -0.384. The van der Waals surface area contributed by atoms with Gasteiger partial charge >= 0.3 is 5.69 Å². The van der Waals surface area contributed by atoms with Crippen LogP contribution in [0, 0.1) is 10.1 Å². The molecule has 1 N–H and O–H groups in total. The number of rotatable bonds is 6. The standard InChI is InChI=1S/C14H20N2O4/c1-19-13-7-4-6-12(14(13)16(17)18)15-9-8-11-5-2-3-10-20-11/h4,6-7,11,15H,2-3,5,8-10H2,1H3. The van der Waals surface area contributed by atoms with Crippen molar-refractivity contribution in [2.45, 2.75) is 31.8 Å². The van der Waals surface area contributed by atoms with E-state index in [4.69, 9.17) is 9.47 Å². The van der Waals surface area contributed by atoms with Crippen LogP contribution >= 0.6 is 0 Å². The number of nitro groups is 1. The Labute approximate surface area is 118 Å². The van der Waals surface area contributed by atoms with Gasteiger partial charge in [-0.2, -0.15) is 0 Å². The zero-order chi connectivity index (χ0) is 14.4. The molecule has 0 amide bonds. The maximum Gasteiger partial charge on any atom is 0.333 e. The van der Waals surface area contributed by atoms with Crippen LogP contribution in [0.1, 0.15) is 25.7 Å². The molecule has 1 saturated heterocycles. The molecule has 0 aromatic heterocycles. The summed E-state index contributed by atoms with van der Waals surface area (Å²) in [5.41, 5.74) is 0.477. The molecule has 1 heterocycles. The molecule has 20 heavy (non-hydrogen) atoms. The summed E-state index contributed by atoms with van der Waals surface area (Å²) in [5, 5.41) is 14.2. The SMILES string of the molecule is COc1cccc(NCCC2CCCCO2)c1[N+](=O)[O-]. The second-order valence-corrected chi connectivity index (χ2v) is 4.82. The van der Waals surface area contributed by atoms with Gasteiger partial charge in [0.05, 0.1) is 18.1 Å². The van der Waals surface area contributed by atoms with Crippen LogP contribution in [0.5, 0.6) is 5.75 Å². The average molecular weight is 280 g/mol. The Morgan fingerprint density at radius 2 is 2.35 bits per heavy atom. The highest BCUT2D eigenvalue weighted by atomic mass is 16.6. The molecule has 0 aliphatic carbocycles. The monoisotopic (exact) mass is 280 g/mol. The minimum absolute atomic E-state index is 0.0143. The fourth-order valence-electron chi connectivity index (χ4n) is 2.42. The summed E-state index contributed by atoms with van der Waals surface area (Å²) in [6.07, 6.45) is 4.52. The lowest BCUT2D eigenvalue weighted by Gasteiger charge is -2.22. The van der Waals surface area contributed by atoms with E-state index in [1.54, 1.807) is 18.2 Å². The topological polar surface area (TPSA) is 73.6 Å². The van der Waals surface area contributed by atoms with Gasteiger partial charge in [0.2, 0.25) is 0 Å². The van der Waals surface area contributed by atoms with Gasteiger partial charge in [0.15, 0.2) is 5.75 Å². The highest BCUT2D eigenvalue weighted by Crippen LogP contribution is 2.34. The number of ether oxygens (including phenoxy) is 2. The van der Waals surface area contributed by atoms with E-state index >= 15 is 0 Å². The van der Waals surface area contributed by atoms with Crippen LogP contribution in [0.15, 0.2) is 18.2 Å². The zero-order valence-electron chi connectivity index (χ0n) is 11.6. The average Bonchev–Trinajstić information content (AvgIpc) is 2.47. The maximum absolute atomic E-state index is 11.1. The molecule has 0 spiro atoms. The molecule has 1 fully saturated rings. The van der Waals surface area contributed by atoms with Crippen LogP contribution in [-0.2, 0) is 4.74 Å². The first kappa shape index (κ1) is 14.6. The van der Waals surface area contributed by atoms with Gasteiger partial charge in [0, 0.05) is 13.2 Å². The van der Waals surface area contributed by atoms with Crippen molar-refractivity contribution in [3.8, 4) is 5.75 Å². The number of methoxy groups -OCH3 is 1. The van der Waals surface area contributed by atoms with Gasteiger partial charge in [-0.1, -0.05) is 6.07 Å². The molecule has 6 nitrogen and oxygen atoms in total. The Morgan fingerprint density at radius 3 is 3.00 bits per heavy atom. The molecule has 0 radical (unpaired) electrons. The molecule has 1 atom stereocenters. The molecule has 1 aromatic rings. The Morgan fingerprint density at radius 1 is 1.50 bits per heavy atom. The van der Waals surface area contributed by atoms with Gasteiger partial charge < -0.3 is 14.8 Å². The van der Waals surface area contributed by atoms with Crippen molar-refractivity contribution in [2.24, 2.45) is 0 Å². The molecule has 1 aliphatic rings. The Hall–Kier alpha value is -1.82. The molecule has 1 unspecified atom stereocenters. The molecule has 0 saturated carbocycles. The van der Waals surface area contributed by atoms with Gasteiger partial charge in [0.1, 0.15) is 5.69 Å². The van der Waals surface area contributed by atoms with E-state index in [1.165, 1.54) is 13.5 Å². The van der Waals surface area contributed by atoms with E-state index in [9.17, 15) is 10.1 Å². The molecule has 6 heteroatoms. The van der Waals surface area contributed by atoms with E-state index in [-0.39, 0.29) is 17.5 Å². The van der Waals surface area contributed by atoms with Crippen molar-refractivity contribution in [1.82, 2.24) is 0 Å². The fraction of sp³-hybridized carbons (Fsp3) is 0.571. The second-order valence-electron chi connectivity index (χ2n) is 4.82. The molecule has 1 aliphatic heterocycles. The third-order valence-electron chi connectivity index (χ3n) is 3.46. The van der Waals surface area contributed by atoms with Crippen molar-refractivity contribution in [1.29, 1.82) is 0 Å². The number of nitrogens with zero attached hydrogens (tertiary/aromatic N) is 1. The number of anilines is 1. The van der Waals surface area contributed by atoms with Crippen LogP contribution in [-0.4, -0.2) is 31.3 Å². The van der Waals surface area contributed by atoms with E-state index in [0.717, 1.165) is 25.9 Å². The van der Waals surface area contributed by atoms with Crippen LogP contribution in [0.2, 0.25) is 0 Å². The van der Waals surface area contributed by atoms with Crippen molar-refractivity contribution in [3.63, 3.8) is 0 Å². The summed E-state index contributed by atoms with van der Waals surface area (Å²) in [5.74, 6) is 0.272. The third-order valence-corrected chi connectivity index (χ3v) is 3.46. The van der Waals surface area contributed by atoms with Crippen LogP contribution in [0.25, 0.3) is 0 Å². The largest absolute Gasteiger partial charge is 0.490 e. The van der Waals surface area contributed by atoms with E-state index in [1.807, 2.05) is 0 Å². The normalized spacial score (nSPS) is 18.6. The van der Waals surface area contributed by atoms with Crippen LogP contribution < -0.4 is 10.1 Å². The number of hydrogen-bond donors (Lipinski definition) is 1. The molecule has 2 rings (SSSR count). The number of hydrogen-bond acceptors (Lipinski definition) is 5. The van der Waals surface area contributed by atoms with Crippen molar-refractivity contribution in [2.75, 3.05) is 25.6 Å². The van der Waals surface area contributed by atoms with Gasteiger partial charge in [-0.05, 0) is 37.8 Å². The van der Waals surface area contributed by atoms with Crippen molar-refractivity contribution < 1.29 is 14.4 Å². The smallest absolute Gasteiger partial charge is 0.333 e. The lowest BCUT2D eigenvalue weighted by Crippen LogP contribution is -2.22. The molecular formula is C14H20N2O4. The summed E-state index contributed by atoms with van der Waals surface area (Å²) in [7, 11) is 1.43. The van der Waals surface area contributed by atoms with Crippen molar-refractivity contribution >= 4 is 11.4 Å². The Kier molecular flexibility index (Phi) is 5.17. The molecule has 0 bridgehead atoms. The first-order valence-corrected chi connectivity index (χ1v) is 6.89. The van der Waals surface area contributed by atoms with E-state index < -0.39 is 4.92 Å². The number of para-hydroxylation sites is 1. The molecule has 110 valence electrons. The van der Waals surface area contributed by atoms with E-state index in [0.29, 0.717) is 12.2 Å². The first-order chi connectivity index (χ1) is 9.72. The zero-order valence-corrected chi connectivity index (χ0v) is 11.6. The number of nitrogens with one attached hydrogen (secondary N) is 1. The van der Waals surface area contributed by atoms with Crippen LogP contribution in [0.4, 0.5) is 11.4 Å². The highest BCUT2D eigenvalue weighted by molar-refractivity contribution is 5.68. The summed E-state index contributed by atoms with van der Waals surface area (Å²) in [6, 6.07) is 5.03. The quantitative estimate of drug-likeness (QED) is 0.640.